The number of carbonyl (C=O) groups excluding carboxylic acids is 1. The lowest BCUT2D eigenvalue weighted by molar-refractivity contribution is -0.159. The summed E-state index contributed by atoms with van der Waals surface area (Å²) in [6.07, 6.45) is 9.69. The van der Waals surface area contributed by atoms with E-state index in [4.69, 9.17) is 15.9 Å². The molecule has 1 saturated carbocycles. The molecule has 8 heteroatoms. The number of esters is 1. The molecule has 0 amide bonds. The zero-order valence-electron chi connectivity index (χ0n) is 19.2. The predicted octanol–water partition coefficient (Wildman–Crippen LogP) is 6.60. The summed E-state index contributed by atoms with van der Waals surface area (Å²) < 4.78 is 67.0. The molecule has 3 nitrogen and oxygen atoms in total. The number of rotatable bonds is 7. The maximum Gasteiger partial charge on any atom is 0.345 e. The summed E-state index contributed by atoms with van der Waals surface area (Å²) in [7, 11) is -1.22. The molecule has 1 fully saturated rings. The fourth-order valence-corrected chi connectivity index (χ4v) is 6.31. The topological polar surface area (TPSA) is 35.5 Å². The van der Waals surface area contributed by atoms with E-state index in [1.165, 1.54) is 0 Å². The lowest BCUT2D eigenvalue weighted by atomic mass is 9.85. The van der Waals surface area contributed by atoms with Crippen molar-refractivity contribution in [2.75, 3.05) is 6.61 Å². The molecule has 0 unspecified atom stereocenters. The van der Waals surface area contributed by atoms with E-state index in [1.54, 1.807) is 24.3 Å². The first-order valence-electron chi connectivity index (χ1n) is 11.4. The minimum Gasteiger partial charge on any atom is -0.482 e. The van der Waals surface area contributed by atoms with Crippen LogP contribution in [0.1, 0.15) is 32.1 Å². The quantitative estimate of drug-likeness (QED) is 0.154. The summed E-state index contributed by atoms with van der Waals surface area (Å²) in [5.41, 5.74) is -0.892. The third-order valence-corrected chi connectivity index (χ3v) is 7.95. The van der Waals surface area contributed by atoms with Gasteiger partial charge in [0.05, 0.1) is 10.9 Å². The smallest absolute Gasteiger partial charge is 0.345 e. The molecule has 0 aliphatic heterocycles. The Hall–Kier alpha value is -3.44. The number of halogens is 4. The normalized spacial score (nSPS) is 14.8. The molecule has 1 aliphatic rings. The third kappa shape index (κ3) is 6.21. The van der Waals surface area contributed by atoms with E-state index >= 15 is 0 Å². The van der Waals surface area contributed by atoms with Crippen molar-refractivity contribution in [3.8, 4) is 18.1 Å². The van der Waals surface area contributed by atoms with Gasteiger partial charge in [-0.25, -0.2) is 22.4 Å². The van der Waals surface area contributed by atoms with E-state index in [9.17, 15) is 22.4 Å². The fourth-order valence-electron chi connectivity index (χ4n) is 4.16. The van der Waals surface area contributed by atoms with Gasteiger partial charge in [0, 0.05) is 36.4 Å². The Balaban J connectivity index is 1.53. The summed E-state index contributed by atoms with van der Waals surface area (Å²) in [5, 5.41) is 0. The van der Waals surface area contributed by atoms with Crippen molar-refractivity contribution in [1.29, 1.82) is 0 Å². The van der Waals surface area contributed by atoms with E-state index in [-0.39, 0.29) is 16.4 Å². The summed E-state index contributed by atoms with van der Waals surface area (Å²) >= 11 is 0. The second-order valence-electron chi connectivity index (χ2n) is 8.45. The Morgan fingerprint density at radius 2 is 1.31 bits per heavy atom. The van der Waals surface area contributed by atoms with Crippen LogP contribution in [0.3, 0.4) is 0 Å². The van der Waals surface area contributed by atoms with Gasteiger partial charge in [0.1, 0.15) is 29.0 Å². The number of terminal acetylenes is 1. The molecule has 0 atom stereocenters. The van der Waals surface area contributed by atoms with Gasteiger partial charge in [-0.1, -0.05) is 12.3 Å². The van der Waals surface area contributed by atoms with Crippen molar-refractivity contribution in [1.82, 2.24) is 0 Å². The zero-order chi connectivity index (χ0) is 25.7. The van der Waals surface area contributed by atoms with Crippen LogP contribution in [-0.4, -0.2) is 18.2 Å². The standard InChI is InChI=1S/C28H23F4O3S/c1-2-28(10-4-3-5-11-28)35-27(33)18-34-23-6-8-24(9-7-23)36(25-14-19(29)12-20(30)15-25)26-16-21(31)13-22(32)17-26/h1,6-9,12-17H,3-5,10-11,18H2/q+1. The highest BCUT2D eigenvalue weighted by Crippen LogP contribution is 2.34. The molecule has 0 aromatic heterocycles. The molecule has 0 spiro atoms. The highest BCUT2D eigenvalue weighted by Gasteiger charge is 2.34. The molecule has 3 aromatic rings. The SMILES string of the molecule is C#CC1(OC(=O)COc2ccc([S+](c3cc(F)cc(F)c3)c3cc(F)cc(F)c3)cc2)CCCCC1. The van der Waals surface area contributed by atoms with Crippen molar-refractivity contribution in [3.05, 3.63) is 83.9 Å². The van der Waals surface area contributed by atoms with Crippen molar-refractivity contribution < 1.29 is 31.8 Å². The van der Waals surface area contributed by atoms with Gasteiger partial charge in [0.2, 0.25) is 0 Å². The summed E-state index contributed by atoms with van der Waals surface area (Å²) in [5.74, 6) is -0.850. The van der Waals surface area contributed by atoms with Gasteiger partial charge < -0.3 is 9.47 Å². The van der Waals surface area contributed by atoms with Crippen LogP contribution in [0.4, 0.5) is 17.6 Å². The molecule has 0 heterocycles. The number of ether oxygens (including phenoxy) is 2. The number of carbonyl (C=O) groups is 1. The van der Waals surface area contributed by atoms with Gasteiger partial charge in [0.15, 0.2) is 26.9 Å². The van der Waals surface area contributed by atoms with Crippen LogP contribution in [0, 0.1) is 35.6 Å². The van der Waals surface area contributed by atoms with Crippen LogP contribution in [0.25, 0.3) is 0 Å². The van der Waals surface area contributed by atoms with Crippen LogP contribution in [0.5, 0.6) is 5.75 Å². The lowest BCUT2D eigenvalue weighted by Gasteiger charge is -2.31. The Morgan fingerprint density at radius 3 is 1.78 bits per heavy atom. The van der Waals surface area contributed by atoms with Gasteiger partial charge in [-0.15, -0.1) is 6.42 Å². The predicted molar refractivity (Wildman–Crippen MR) is 128 cm³/mol. The molecule has 3 aromatic carbocycles. The van der Waals surface area contributed by atoms with Gasteiger partial charge in [-0.3, -0.25) is 0 Å². The van der Waals surface area contributed by atoms with Gasteiger partial charge in [0.25, 0.3) is 0 Å². The van der Waals surface area contributed by atoms with Gasteiger partial charge in [-0.2, -0.15) is 0 Å². The van der Waals surface area contributed by atoms with Crippen LogP contribution >= 0.6 is 0 Å². The molecule has 0 saturated heterocycles. The maximum atomic E-state index is 14.0. The first kappa shape index (κ1) is 25.6. The largest absolute Gasteiger partial charge is 0.482 e. The van der Waals surface area contributed by atoms with Crippen LogP contribution in [-0.2, 0) is 20.4 Å². The summed E-state index contributed by atoms with van der Waals surface area (Å²) in [4.78, 5) is 13.3. The van der Waals surface area contributed by atoms with Gasteiger partial charge in [-0.05, 0) is 49.9 Å². The molecule has 1 aliphatic carbocycles. The van der Waals surface area contributed by atoms with Crippen LogP contribution < -0.4 is 4.74 Å². The van der Waals surface area contributed by atoms with Crippen molar-refractivity contribution in [2.24, 2.45) is 0 Å². The summed E-state index contributed by atoms with van der Waals surface area (Å²) in [6, 6.07) is 12.3. The molecule has 0 N–H and O–H groups in total. The van der Waals surface area contributed by atoms with E-state index in [0.29, 0.717) is 23.5 Å². The third-order valence-electron chi connectivity index (χ3n) is 5.79. The Kier molecular flexibility index (Phi) is 7.90. The second-order valence-corrected chi connectivity index (χ2v) is 10.5. The fraction of sp³-hybridized carbons (Fsp3) is 0.250. The first-order valence-corrected chi connectivity index (χ1v) is 12.6. The lowest BCUT2D eigenvalue weighted by Crippen LogP contribution is -2.37. The minimum absolute atomic E-state index is 0.210. The molecule has 186 valence electrons. The zero-order valence-corrected chi connectivity index (χ0v) is 20.1. The average molecular weight is 516 g/mol. The monoisotopic (exact) mass is 515 g/mol. The summed E-state index contributed by atoms with van der Waals surface area (Å²) in [6.45, 7) is -0.349. The van der Waals surface area contributed by atoms with Crippen LogP contribution in [0.2, 0.25) is 0 Å². The molecule has 36 heavy (non-hydrogen) atoms. The van der Waals surface area contributed by atoms with E-state index in [1.807, 2.05) is 0 Å². The molecular formula is C28H23F4O3S+. The van der Waals surface area contributed by atoms with Gasteiger partial charge >= 0.3 is 5.97 Å². The van der Waals surface area contributed by atoms with Crippen molar-refractivity contribution >= 4 is 16.9 Å². The van der Waals surface area contributed by atoms with Crippen molar-refractivity contribution in [2.45, 2.75) is 52.4 Å². The average Bonchev–Trinajstić information content (AvgIpc) is 2.83. The molecule has 4 rings (SSSR count). The molecular weight excluding hydrogens is 492 g/mol. The number of benzene rings is 3. The van der Waals surface area contributed by atoms with E-state index < -0.39 is 45.7 Å². The Bertz CT molecular complexity index is 1190. The minimum atomic E-state index is -1.22. The maximum absolute atomic E-state index is 14.0. The van der Waals surface area contributed by atoms with Crippen LogP contribution in [0.15, 0.2) is 75.4 Å². The Morgan fingerprint density at radius 1 is 0.806 bits per heavy atom. The Labute approximate surface area is 209 Å². The first-order chi connectivity index (χ1) is 17.3. The highest BCUT2D eigenvalue weighted by atomic mass is 32.2. The molecule has 0 bridgehead atoms. The highest BCUT2D eigenvalue weighted by molar-refractivity contribution is 7.97. The van der Waals surface area contributed by atoms with Crippen molar-refractivity contribution in [3.63, 3.8) is 0 Å². The number of hydrogen-bond donors (Lipinski definition) is 0. The molecule has 0 radical (unpaired) electrons. The van der Waals surface area contributed by atoms with E-state index in [0.717, 1.165) is 55.7 Å². The second kappa shape index (κ2) is 11.1. The number of hydrogen-bond acceptors (Lipinski definition) is 3. The van der Waals surface area contributed by atoms with E-state index in [2.05, 4.69) is 5.92 Å².